The molecule has 2 heteroatoms. The van der Waals surface area contributed by atoms with Crippen molar-refractivity contribution in [2.24, 2.45) is 11.7 Å². The van der Waals surface area contributed by atoms with Crippen LogP contribution in [-0.2, 0) is 0 Å². The zero-order valence-corrected chi connectivity index (χ0v) is 9.13. The van der Waals surface area contributed by atoms with Gasteiger partial charge in [0.1, 0.15) is 0 Å². The third-order valence-electron chi connectivity index (χ3n) is 3.49. The standard InChI is InChI=1S/C11H24N2/c1-10(11-6-3-4-7-11)13(2)9-5-8-12/h10-11H,3-9,12H2,1-2H3. The molecule has 0 spiro atoms. The lowest BCUT2D eigenvalue weighted by molar-refractivity contribution is 0.191. The van der Waals surface area contributed by atoms with Gasteiger partial charge in [-0.1, -0.05) is 12.8 Å². The Hall–Kier alpha value is -0.0800. The lowest BCUT2D eigenvalue weighted by Gasteiger charge is -2.29. The minimum Gasteiger partial charge on any atom is -0.330 e. The van der Waals surface area contributed by atoms with Crippen LogP contribution in [0.5, 0.6) is 0 Å². The highest BCUT2D eigenvalue weighted by Gasteiger charge is 2.23. The van der Waals surface area contributed by atoms with E-state index in [1.807, 2.05) is 0 Å². The average Bonchev–Trinajstić information content (AvgIpc) is 2.65. The first-order valence-corrected chi connectivity index (χ1v) is 5.66. The summed E-state index contributed by atoms with van der Waals surface area (Å²) in [6.45, 7) is 4.35. The Morgan fingerprint density at radius 3 is 2.54 bits per heavy atom. The number of rotatable bonds is 5. The fourth-order valence-corrected chi connectivity index (χ4v) is 2.34. The van der Waals surface area contributed by atoms with E-state index in [9.17, 15) is 0 Å². The van der Waals surface area contributed by atoms with Crippen molar-refractivity contribution in [1.82, 2.24) is 4.90 Å². The van der Waals surface area contributed by atoms with Gasteiger partial charge in [-0.3, -0.25) is 0 Å². The van der Waals surface area contributed by atoms with Gasteiger partial charge in [-0.2, -0.15) is 0 Å². The molecular weight excluding hydrogens is 160 g/mol. The van der Waals surface area contributed by atoms with Crippen LogP contribution in [0.15, 0.2) is 0 Å². The van der Waals surface area contributed by atoms with Crippen LogP contribution in [0.25, 0.3) is 0 Å². The predicted molar refractivity (Wildman–Crippen MR) is 57.7 cm³/mol. The Morgan fingerprint density at radius 2 is 2.00 bits per heavy atom. The summed E-state index contributed by atoms with van der Waals surface area (Å²) >= 11 is 0. The molecule has 1 saturated carbocycles. The maximum absolute atomic E-state index is 5.50. The Kier molecular flexibility index (Phi) is 4.74. The van der Waals surface area contributed by atoms with Crippen molar-refractivity contribution in [2.75, 3.05) is 20.1 Å². The first-order chi connectivity index (χ1) is 6.25. The van der Waals surface area contributed by atoms with Crippen molar-refractivity contribution in [3.8, 4) is 0 Å². The summed E-state index contributed by atoms with van der Waals surface area (Å²) in [6, 6.07) is 0.758. The molecule has 0 amide bonds. The van der Waals surface area contributed by atoms with Gasteiger partial charge in [0.2, 0.25) is 0 Å². The third-order valence-corrected chi connectivity index (χ3v) is 3.49. The summed E-state index contributed by atoms with van der Waals surface area (Å²) in [5, 5.41) is 0. The largest absolute Gasteiger partial charge is 0.330 e. The Bertz CT molecular complexity index is 130. The number of nitrogens with zero attached hydrogens (tertiary/aromatic N) is 1. The van der Waals surface area contributed by atoms with E-state index in [-0.39, 0.29) is 0 Å². The lowest BCUT2D eigenvalue weighted by Crippen LogP contribution is -2.35. The van der Waals surface area contributed by atoms with E-state index in [4.69, 9.17) is 5.73 Å². The van der Waals surface area contributed by atoms with Crippen LogP contribution in [-0.4, -0.2) is 31.1 Å². The third kappa shape index (κ3) is 3.28. The first kappa shape index (κ1) is 11.0. The SMILES string of the molecule is CC(C1CCCC1)N(C)CCCN. The normalized spacial score (nSPS) is 21.2. The van der Waals surface area contributed by atoms with E-state index >= 15 is 0 Å². The molecule has 1 unspecified atom stereocenters. The molecule has 1 aliphatic carbocycles. The molecule has 1 rings (SSSR count). The summed E-state index contributed by atoms with van der Waals surface area (Å²) in [5.41, 5.74) is 5.50. The van der Waals surface area contributed by atoms with Crippen LogP contribution in [0.3, 0.4) is 0 Å². The summed E-state index contributed by atoms with van der Waals surface area (Å²) in [4.78, 5) is 2.48. The maximum atomic E-state index is 5.50. The second-order valence-electron chi connectivity index (χ2n) is 4.41. The molecule has 78 valence electrons. The minimum atomic E-state index is 0.758. The molecule has 0 aromatic carbocycles. The Balaban J connectivity index is 2.23. The molecule has 1 fully saturated rings. The second-order valence-corrected chi connectivity index (χ2v) is 4.41. The summed E-state index contributed by atoms with van der Waals surface area (Å²) in [5.74, 6) is 0.947. The van der Waals surface area contributed by atoms with Gasteiger partial charge in [0, 0.05) is 6.04 Å². The second kappa shape index (κ2) is 5.61. The Morgan fingerprint density at radius 1 is 1.38 bits per heavy atom. The lowest BCUT2D eigenvalue weighted by atomic mass is 9.98. The van der Waals surface area contributed by atoms with Crippen LogP contribution in [0.1, 0.15) is 39.0 Å². The van der Waals surface area contributed by atoms with Gasteiger partial charge in [-0.05, 0) is 52.2 Å². The van der Waals surface area contributed by atoms with E-state index < -0.39 is 0 Å². The van der Waals surface area contributed by atoms with E-state index in [0.717, 1.165) is 31.5 Å². The molecular formula is C11H24N2. The molecule has 0 aromatic rings. The van der Waals surface area contributed by atoms with Crippen LogP contribution in [0.2, 0.25) is 0 Å². The molecule has 0 heterocycles. The molecule has 13 heavy (non-hydrogen) atoms. The summed E-state index contributed by atoms with van der Waals surface area (Å²) < 4.78 is 0. The highest BCUT2D eigenvalue weighted by atomic mass is 15.1. The molecule has 0 aromatic heterocycles. The van der Waals surface area contributed by atoms with Crippen molar-refractivity contribution in [2.45, 2.75) is 45.1 Å². The first-order valence-electron chi connectivity index (χ1n) is 5.66. The summed E-state index contributed by atoms with van der Waals surface area (Å²) in [7, 11) is 2.23. The van der Waals surface area contributed by atoms with Crippen molar-refractivity contribution in [3.63, 3.8) is 0 Å². The zero-order valence-electron chi connectivity index (χ0n) is 9.13. The van der Waals surface area contributed by atoms with Crippen molar-refractivity contribution in [3.05, 3.63) is 0 Å². The van der Waals surface area contributed by atoms with Crippen LogP contribution in [0.4, 0.5) is 0 Å². The topological polar surface area (TPSA) is 29.3 Å². The van der Waals surface area contributed by atoms with E-state index in [0.29, 0.717) is 0 Å². The maximum Gasteiger partial charge on any atom is 0.00921 e. The van der Waals surface area contributed by atoms with Gasteiger partial charge in [-0.15, -0.1) is 0 Å². The van der Waals surface area contributed by atoms with Crippen molar-refractivity contribution in [1.29, 1.82) is 0 Å². The average molecular weight is 184 g/mol. The van der Waals surface area contributed by atoms with Crippen molar-refractivity contribution < 1.29 is 0 Å². The van der Waals surface area contributed by atoms with E-state index in [1.165, 1.54) is 25.7 Å². The molecule has 1 atom stereocenters. The van der Waals surface area contributed by atoms with Gasteiger partial charge in [0.25, 0.3) is 0 Å². The highest BCUT2D eigenvalue weighted by molar-refractivity contribution is 4.78. The number of nitrogens with two attached hydrogens (primary N) is 1. The van der Waals surface area contributed by atoms with Gasteiger partial charge in [0.15, 0.2) is 0 Å². The van der Waals surface area contributed by atoms with E-state index in [1.54, 1.807) is 0 Å². The molecule has 0 aliphatic heterocycles. The minimum absolute atomic E-state index is 0.758. The number of hydrogen-bond acceptors (Lipinski definition) is 2. The molecule has 2 nitrogen and oxygen atoms in total. The van der Waals surface area contributed by atoms with Gasteiger partial charge < -0.3 is 10.6 Å². The van der Waals surface area contributed by atoms with Gasteiger partial charge in [-0.25, -0.2) is 0 Å². The van der Waals surface area contributed by atoms with Crippen LogP contribution < -0.4 is 5.73 Å². The van der Waals surface area contributed by atoms with Gasteiger partial charge in [0.05, 0.1) is 0 Å². The number of hydrogen-bond donors (Lipinski definition) is 1. The summed E-state index contributed by atoms with van der Waals surface area (Å²) in [6.07, 6.45) is 6.90. The van der Waals surface area contributed by atoms with Crippen LogP contribution in [0, 0.1) is 5.92 Å². The fraction of sp³-hybridized carbons (Fsp3) is 1.00. The zero-order chi connectivity index (χ0) is 9.68. The smallest absolute Gasteiger partial charge is 0.00921 e. The predicted octanol–water partition coefficient (Wildman–Crippen LogP) is 1.85. The quantitative estimate of drug-likeness (QED) is 0.706. The van der Waals surface area contributed by atoms with Gasteiger partial charge >= 0.3 is 0 Å². The monoisotopic (exact) mass is 184 g/mol. The van der Waals surface area contributed by atoms with Crippen LogP contribution >= 0.6 is 0 Å². The molecule has 0 saturated heterocycles. The highest BCUT2D eigenvalue weighted by Crippen LogP contribution is 2.29. The molecule has 1 aliphatic rings. The van der Waals surface area contributed by atoms with Crippen molar-refractivity contribution >= 4 is 0 Å². The van der Waals surface area contributed by atoms with E-state index in [2.05, 4.69) is 18.9 Å². The fourth-order valence-electron chi connectivity index (χ4n) is 2.34. The molecule has 0 bridgehead atoms. The molecule has 2 N–H and O–H groups in total. The molecule has 0 radical (unpaired) electrons. The Labute approximate surface area is 82.5 Å².